The minimum Gasteiger partial charge on any atom is -0.339 e. The monoisotopic (exact) mass is 372 g/mol. The normalized spacial score (nSPS) is 10.9. The summed E-state index contributed by atoms with van der Waals surface area (Å²) in [5.74, 6) is -1.01. The van der Waals surface area contributed by atoms with E-state index in [2.05, 4.69) is 20.7 Å². The van der Waals surface area contributed by atoms with Crippen molar-refractivity contribution in [1.82, 2.24) is 4.98 Å². The third kappa shape index (κ3) is 5.70. The van der Waals surface area contributed by atoms with E-state index in [9.17, 15) is 9.59 Å². The van der Waals surface area contributed by atoms with Crippen LogP contribution in [0.4, 0.5) is 11.4 Å². The highest BCUT2D eigenvalue weighted by atomic mass is 16.7. The number of aromatic nitrogens is 1. The van der Waals surface area contributed by atoms with E-state index in [4.69, 9.17) is 4.84 Å². The Balaban J connectivity index is 1.50. The van der Waals surface area contributed by atoms with Crippen LogP contribution in [0.25, 0.3) is 6.08 Å². The Morgan fingerprint density at radius 3 is 2.46 bits per heavy atom. The molecule has 0 spiro atoms. The molecule has 0 saturated heterocycles. The second-order valence-corrected chi connectivity index (χ2v) is 5.56. The Morgan fingerprint density at radius 2 is 1.75 bits per heavy atom. The average molecular weight is 372 g/mol. The molecular formula is C21H16N4O3. The zero-order valence-electron chi connectivity index (χ0n) is 14.7. The molecule has 3 rings (SSSR count). The van der Waals surface area contributed by atoms with Crippen molar-refractivity contribution in [2.45, 2.75) is 0 Å². The van der Waals surface area contributed by atoms with Crippen molar-refractivity contribution in [3.63, 3.8) is 0 Å². The number of pyridine rings is 1. The number of hydrogen-bond acceptors (Lipinski definition) is 6. The fourth-order valence-corrected chi connectivity index (χ4v) is 2.12. The number of rotatable bonds is 6. The Labute approximate surface area is 161 Å². The fourth-order valence-electron chi connectivity index (χ4n) is 2.12. The van der Waals surface area contributed by atoms with Gasteiger partial charge in [0.1, 0.15) is 0 Å². The molecular weight excluding hydrogens is 356 g/mol. The standard InChI is InChI=1S/C21H16N4O3/c26-20(13-8-16-5-2-1-3-6-16)28-25-19-11-9-18(10-12-19)23-24-21(27)17-7-4-14-22-15-17/h1-15,25H/b13-8+,24-23?. The molecule has 7 nitrogen and oxygen atoms in total. The quantitative estimate of drug-likeness (QED) is 0.388. The molecule has 28 heavy (non-hydrogen) atoms. The number of hydrogen-bond donors (Lipinski definition) is 1. The lowest BCUT2D eigenvalue weighted by Gasteiger charge is -2.04. The lowest BCUT2D eigenvalue weighted by Crippen LogP contribution is -2.07. The summed E-state index contributed by atoms with van der Waals surface area (Å²) in [6, 6.07) is 19.3. The Bertz CT molecular complexity index is 985. The first-order chi connectivity index (χ1) is 13.7. The van der Waals surface area contributed by atoms with Gasteiger partial charge < -0.3 is 4.84 Å². The maximum atomic E-state index is 11.8. The van der Waals surface area contributed by atoms with E-state index >= 15 is 0 Å². The summed E-state index contributed by atoms with van der Waals surface area (Å²) in [7, 11) is 0. The number of nitrogens with zero attached hydrogens (tertiary/aromatic N) is 3. The third-order valence-electron chi connectivity index (χ3n) is 3.51. The predicted octanol–water partition coefficient (Wildman–Crippen LogP) is 4.59. The molecule has 3 aromatic rings. The van der Waals surface area contributed by atoms with E-state index in [-0.39, 0.29) is 0 Å². The molecule has 0 bridgehead atoms. The Morgan fingerprint density at radius 1 is 0.964 bits per heavy atom. The van der Waals surface area contributed by atoms with Gasteiger partial charge in [-0.05, 0) is 48.0 Å². The first-order valence-electron chi connectivity index (χ1n) is 8.37. The maximum absolute atomic E-state index is 11.8. The smallest absolute Gasteiger partial charge is 0.339 e. The molecule has 7 heteroatoms. The highest BCUT2D eigenvalue weighted by molar-refractivity contribution is 5.94. The van der Waals surface area contributed by atoms with Crippen molar-refractivity contribution in [3.8, 4) is 0 Å². The van der Waals surface area contributed by atoms with Crippen LogP contribution in [0.1, 0.15) is 15.9 Å². The summed E-state index contributed by atoms with van der Waals surface area (Å²) in [6.07, 6.45) is 5.99. The molecule has 0 aliphatic carbocycles. The first-order valence-corrected chi connectivity index (χ1v) is 8.37. The molecule has 0 fully saturated rings. The predicted molar refractivity (Wildman–Crippen MR) is 105 cm³/mol. The Kier molecular flexibility index (Phi) is 6.35. The number of carbonyl (C=O) groups excluding carboxylic acids is 2. The summed E-state index contributed by atoms with van der Waals surface area (Å²) < 4.78 is 0. The molecule has 0 aliphatic heterocycles. The second kappa shape index (κ2) is 9.54. The van der Waals surface area contributed by atoms with Gasteiger partial charge >= 0.3 is 5.97 Å². The highest BCUT2D eigenvalue weighted by Crippen LogP contribution is 2.17. The van der Waals surface area contributed by atoms with E-state index in [0.717, 1.165) is 5.56 Å². The summed E-state index contributed by atoms with van der Waals surface area (Å²) in [6.45, 7) is 0. The minimum absolute atomic E-state index is 0.361. The summed E-state index contributed by atoms with van der Waals surface area (Å²) in [4.78, 5) is 32.4. The minimum atomic E-state index is -0.533. The van der Waals surface area contributed by atoms with Crippen molar-refractivity contribution < 1.29 is 14.4 Å². The molecule has 1 amide bonds. The molecule has 1 N–H and O–H groups in total. The number of benzene rings is 2. The molecule has 1 heterocycles. The maximum Gasteiger partial charge on any atom is 0.355 e. The van der Waals surface area contributed by atoms with Gasteiger partial charge in [0, 0.05) is 18.5 Å². The number of amides is 1. The highest BCUT2D eigenvalue weighted by Gasteiger charge is 2.03. The summed E-state index contributed by atoms with van der Waals surface area (Å²) >= 11 is 0. The molecule has 138 valence electrons. The average Bonchev–Trinajstić information content (AvgIpc) is 2.76. The van der Waals surface area contributed by atoms with Gasteiger partial charge in [0.2, 0.25) is 0 Å². The van der Waals surface area contributed by atoms with Gasteiger partial charge in [-0.1, -0.05) is 30.3 Å². The van der Waals surface area contributed by atoms with Crippen LogP contribution in [0.15, 0.2) is 95.4 Å². The molecule has 0 radical (unpaired) electrons. The lowest BCUT2D eigenvalue weighted by atomic mass is 10.2. The van der Waals surface area contributed by atoms with Gasteiger partial charge in [-0.2, -0.15) is 0 Å². The first kappa shape index (κ1) is 18.7. The van der Waals surface area contributed by atoms with Crippen molar-refractivity contribution in [3.05, 3.63) is 96.3 Å². The van der Waals surface area contributed by atoms with E-state index in [0.29, 0.717) is 16.9 Å². The van der Waals surface area contributed by atoms with Crippen LogP contribution >= 0.6 is 0 Å². The van der Waals surface area contributed by atoms with Gasteiger partial charge in [-0.3, -0.25) is 9.78 Å². The SMILES string of the molecule is O=C(/C=C/c1ccccc1)ONc1ccc(N=NC(=O)c2cccnc2)cc1. The van der Waals surface area contributed by atoms with Crippen molar-refractivity contribution >= 4 is 29.3 Å². The van der Waals surface area contributed by atoms with Crippen molar-refractivity contribution in [1.29, 1.82) is 0 Å². The number of nitrogens with one attached hydrogen (secondary N) is 1. The summed E-state index contributed by atoms with van der Waals surface area (Å²) in [5, 5.41) is 7.54. The van der Waals surface area contributed by atoms with E-state index in [1.165, 1.54) is 12.3 Å². The molecule has 0 unspecified atom stereocenters. The van der Waals surface area contributed by atoms with E-state index in [1.807, 2.05) is 30.3 Å². The Hall–Kier alpha value is -4.13. The van der Waals surface area contributed by atoms with Crippen LogP contribution in [0.3, 0.4) is 0 Å². The van der Waals surface area contributed by atoms with Gasteiger partial charge in [0.15, 0.2) is 0 Å². The topological polar surface area (TPSA) is 93.0 Å². The van der Waals surface area contributed by atoms with Crippen LogP contribution in [0.2, 0.25) is 0 Å². The molecule has 1 aromatic heterocycles. The lowest BCUT2D eigenvalue weighted by molar-refractivity contribution is -0.134. The molecule has 0 aliphatic rings. The number of azo groups is 1. The van der Waals surface area contributed by atoms with Crippen LogP contribution in [-0.4, -0.2) is 16.9 Å². The van der Waals surface area contributed by atoms with Crippen LogP contribution in [0.5, 0.6) is 0 Å². The van der Waals surface area contributed by atoms with Crippen LogP contribution in [-0.2, 0) is 9.63 Å². The zero-order valence-corrected chi connectivity index (χ0v) is 14.7. The number of anilines is 1. The number of carbonyl (C=O) groups is 2. The second-order valence-electron chi connectivity index (χ2n) is 5.56. The molecule has 0 atom stereocenters. The van der Waals surface area contributed by atoms with Gasteiger partial charge in [0.05, 0.1) is 16.9 Å². The third-order valence-corrected chi connectivity index (χ3v) is 3.51. The van der Waals surface area contributed by atoms with Crippen molar-refractivity contribution in [2.75, 3.05) is 5.48 Å². The largest absolute Gasteiger partial charge is 0.355 e. The zero-order chi connectivity index (χ0) is 19.6. The van der Waals surface area contributed by atoms with E-state index < -0.39 is 11.9 Å². The fraction of sp³-hybridized carbons (Fsp3) is 0. The van der Waals surface area contributed by atoms with Crippen LogP contribution < -0.4 is 5.48 Å². The van der Waals surface area contributed by atoms with Crippen LogP contribution in [0, 0.1) is 0 Å². The molecule has 2 aromatic carbocycles. The summed E-state index contributed by atoms with van der Waals surface area (Å²) in [5.41, 5.74) is 4.85. The van der Waals surface area contributed by atoms with E-state index in [1.54, 1.807) is 48.7 Å². The van der Waals surface area contributed by atoms with Gasteiger partial charge in [-0.15, -0.1) is 10.2 Å². The molecule has 0 saturated carbocycles. The van der Waals surface area contributed by atoms with Crippen molar-refractivity contribution in [2.24, 2.45) is 10.2 Å². The van der Waals surface area contributed by atoms with Gasteiger partial charge in [-0.25, -0.2) is 10.3 Å². The van der Waals surface area contributed by atoms with Gasteiger partial charge in [0.25, 0.3) is 5.91 Å².